The third kappa shape index (κ3) is 4.11. The second-order valence-electron chi connectivity index (χ2n) is 6.18. The summed E-state index contributed by atoms with van der Waals surface area (Å²) >= 11 is 1.38. The summed E-state index contributed by atoms with van der Waals surface area (Å²) in [6.45, 7) is 5.98. The Balaban J connectivity index is 1.74. The summed E-state index contributed by atoms with van der Waals surface area (Å²) in [5.41, 5.74) is 4.08. The van der Waals surface area contributed by atoms with Crippen molar-refractivity contribution in [3.8, 4) is 0 Å². The molecule has 0 saturated carbocycles. The summed E-state index contributed by atoms with van der Waals surface area (Å²) in [5.74, 6) is -0.0896. The van der Waals surface area contributed by atoms with E-state index in [2.05, 4.69) is 28.6 Å². The van der Waals surface area contributed by atoms with Gasteiger partial charge in [-0.1, -0.05) is 66.8 Å². The highest BCUT2D eigenvalue weighted by atomic mass is 32.1. The van der Waals surface area contributed by atoms with Crippen LogP contribution in [0.4, 0.5) is 10.8 Å². The molecule has 4 nitrogen and oxygen atoms in total. The predicted molar refractivity (Wildman–Crippen MR) is 108 cm³/mol. The first-order chi connectivity index (χ1) is 12.6. The van der Waals surface area contributed by atoms with Gasteiger partial charge in [0.05, 0.1) is 11.7 Å². The lowest BCUT2D eigenvalue weighted by Crippen LogP contribution is -2.26. The van der Waals surface area contributed by atoms with Gasteiger partial charge in [0.15, 0.2) is 5.13 Å². The molecule has 0 spiro atoms. The zero-order valence-electron chi connectivity index (χ0n) is 15.2. The van der Waals surface area contributed by atoms with Crippen molar-refractivity contribution in [2.24, 2.45) is 0 Å². The van der Waals surface area contributed by atoms with Gasteiger partial charge < -0.3 is 10.6 Å². The van der Waals surface area contributed by atoms with E-state index < -0.39 is 0 Å². The summed E-state index contributed by atoms with van der Waals surface area (Å²) in [6, 6.07) is 18.0. The SMILES string of the molecule is CCc1ccccc1Nc1nc(C)c(C(=O)N[C@H](C)c2ccccc2)s1. The second-order valence-corrected chi connectivity index (χ2v) is 7.17. The van der Waals surface area contributed by atoms with Crippen LogP contribution < -0.4 is 10.6 Å². The molecule has 1 amide bonds. The third-order valence-electron chi connectivity index (χ3n) is 4.29. The van der Waals surface area contributed by atoms with Crippen molar-refractivity contribution < 1.29 is 4.79 Å². The minimum atomic E-state index is -0.0896. The van der Waals surface area contributed by atoms with E-state index in [9.17, 15) is 4.79 Å². The molecule has 3 aromatic rings. The van der Waals surface area contributed by atoms with Gasteiger partial charge in [-0.3, -0.25) is 4.79 Å². The number of amides is 1. The number of para-hydroxylation sites is 1. The Hall–Kier alpha value is -2.66. The number of anilines is 2. The fraction of sp³-hybridized carbons (Fsp3) is 0.238. The van der Waals surface area contributed by atoms with E-state index in [-0.39, 0.29) is 11.9 Å². The zero-order chi connectivity index (χ0) is 18.5. The predicted octanol–water partition coefficient (Wildman–Crippen LogP) is 5.25. The second kappa shape index (κ2) is 8.15. The van der Waals surface area contributed by atoms with E-state index >= 15 is 0 Å². The maximum Gasteiger partial charge on any atom is 0.263 e. The molecular formula is C21H23N3OS. The average Bonchev–Trinajstić information content (AvgIpc) is 3.03. The van der Waals surface area contributed by atoms with Crippen molar-refractivity contribution in [3.63, 3.8) is 0 Å². The van der Waals surface area contributed by atoms with Crippen molar-refractivity contribution in [2.75, 3.05) is 5.32 Å². The number of carbonyl (C=O) groups excluding carboxylic acids is 1. The van der Waals surface area contributed by atoms with E-state index in [1.165, 1.54) is 16.9 Å². The molecule has 2 N–H and O–H groups in total. The van der Waals surface area contributed by atoms with E-state index in [1.807, 2.05) is 62.4 Å². The highest BCUT2D eigenvalue weighted by molar-refractivity contribution is 7.17. The molecule has 0 fully saturated rings. The molecule has 0 aliphatic heterocycles. The quantitative estimate of drug-likeness (QED) is 0.627. The van der Waals surface area contributed by atoms with E-state index in [0.29, 0.717) is 4.88 Å². The Labute approximate surface area is 158 Å². The number of aromatic nitrogens is 1. The molecule has 0 bridgehead atoms. The van der Waals surface area contributed by atoms with Crippen LogP contribution >= 0.6 is 11.3 Å². The molecule has 1 atom stereocenters. The first kappa shape index (κ1) is 18.1. The molecule has 0 saturated heterocycles. The lowest BCUT2D eigenvalue weighted by Gasteiger charge is -2.13. The number of aryl methyl sites for hydroxylation is 2. The molecule has 26 heavy (non-hydrogen) atoms. The van der Waals surface area contributed by atoms with Crippen LogP contribution in [0.1, 0.15) is 46.4 Å². The Morgan fingerprint density at radius 1 is 1.12 bits per heavy atom. The van der Waals surface area contributed by atoms with Crippen LogP contribution in [-0.4, -0.2) is 10.9 Å². The third-order valence-corrected chi connectivity index (χ3v) is 5.36. The van der Waals surface area contributed by atoms with Gasteiger partial charge in [0.25, 0.3) is 5.91 Å². The number of hydrogen-bond acceptors (Lipinski definition) is 4. The van der Waals surface area contributed by atoms with Gasteiger partial charge in [-0.15, -0.1) is 0 Å². The molecule has 134 valence electrons. The number of benzene rings is 2. The maximum absolute atomic E-state index is 12.7. The lowest BCUT2D eigenvalue weighted by molar-refractivity contribution is 0.0943. The van der Waals surface area contributed by atoms with E-state index in [4.69, 9.17) is 0 Å². The Morgan fingerprint density at radius 3 is 2.54 bits per heavy atom. The van der Waals surface area contributed by atoms with Crippen molar-refractivity contribution in [3.05, 3.63) is 76.3 Å². The molecular weight excluding hydrogens is 342 g/mol. The Kier molecular flexibility index (Phi) is 5.68. The van der Waals surface area contributed by atoms with Crippen molar-refractivity contribution >= 4 is 28.1 Å². The Bertz CT molecular complexity index is 889. The minimum Gasteiger partial charge on any atom is -0.345 e. The summed E-state index contributed by atoms with van der Waals surface area (Å²) in [7, 11) is 0. The smallest absolute Gasteiger partial charge is 0.263 e. The summed E-state index contributed by atoms with van der Waals surface area (Å²) in [4.78, 5) is 17.8. The Morgan fingerprint density at radius 2 is 1.81 bits per heavy atom. The van der Waals surface area contributed by atoms with Crippen LogP contribution in [0.15, 0.2) is 54.6 Å². The number of hydrogen-bond donors (Lipinski definition) is 2. The molecule has 3 rings (SSSR count). The number of thiazole rings is 1. The zero-order valence-corrected chi connectivity index (χ0v) is 16.1. The van der Waals surface area contributed by atoms with Crippen molar-refractivity contribution in [1.29, 1.82) is 0 Å². The lowest BCUT2D eigenvalue weighted by atomic mass is 10.1. The molecule has 5 heteroatoms. The van der Waals surface area contributed by atoms with Gasteiger partial charge in [0.1, 0.15) is 4.88 Å². The topological polar surface area (TPSA) is 54.0 Å². The van der Waals surface area contributed by atoms with E-state index in [1.54, 1.807) is 0 Å². The molecule has 0 unspecified atom stereocenters. The molecule has 2 aromatic carbocycles. The van der Waals surface area contributed by atoms with Crippen LogP contribution in [0.5, 0.6) is 0 Å². The van der Waals surface area contributed by atoms with Gasteiger partial charge in [0, 0.05) is 5.69 Å². The molecule has 0 aliphatic rings. The number of rotatable bonds is 6. The monoisotopic (exact) mass is 365 g/mol. The number of nitrogens with zero attached hydrogens (tertiary/aromatic N) is 1. The first-order valence-corrected chi connectivity index (χ1v) is 9.58. The van der Waals surface area contributed by atoms with E-state index in [0.717, 1.165) is 28.5 Å². The van der Waals surface area contributed by atoms with Gasteiger partial charge >= 0.3 is 0 Å². The van der Waals surface area contributed by atoms with Gasteiger partial charge in [-0.2, -0.15) is 0 Å². The van der Waals surface area contributed by atoms with Gasteiger partial charge in [-0.05, 0) is 37.5 Å². The fourth-order valence-corrected chi connectivity index (χ4v) is 3.70. The summed E-state index contributed by atoms with van der Waals surface area (Å²) < 4.78 is 0. The van der Waals surface area contributed by atoms with Gasteiger partial charge in [-0.25, -0.2) is 4.98 Å². The van der Waals surface area contributed by atoms with Crippen LogP contribution in [0.2, 0.25) is 0 Å². The van der Waals surface area contributed by atoms with Gasteiger partial charge in [0.2, 0.25) is 0 Å². The highest BCUT2D eigenvalue weighted by Crippen LogP contribution is 2.28. The van der Waals surface area contributed by atoms with Crippen LogP contribution in [0.3, 0.4) is 0 Å². The molecule has 1 aromatic heterocycles. The maximum atomic E-state index is 12.7. The molecule has 1 heterocycles. The number of carbonyl (C=O) groups is 1. The summed E-state index contributed by atoms with van der Waals surface area (Å²) in [6.07, 6.45) is 0.940. The van der Waals surface area contributed by atoms with Crippen LogP contribution in [-0.2, 0) is 6.42 Å². The molecule has 0 radical (unpaired) electrons. The minimum absolute atomic E-state index is 0.0533. The molecule has 0 aliphatic carbocycles. The number of nitrogens with one attached hydrogen (secondary N) is 2. The van der Waals surface area contributed by atoms with Crippen molar-refractivity contribution in [1.82, 2.24) is 10.3 Å². The largest absolute Gasteiger partial charge is 0.345 e. The first-order valence-electron chi connectivity index (χ1n) is 8.76. The normalized spacial score (nSPS) is 11.8. The van der Waals surface area contributed by atoms with Crippen molar-refractivity contribution in [2.45, 2.75) is 33.2 Å². The summed E-state index contributed by atoms with van der Waals surface area (Å²) in [5, 5.41) is 7.15. The standard InChI is InChI=1S/C21H23N3OS/c1-4-16-10-8-9-13-18(16)24-21-23-15(3)19(26-21)20(25)22-14(2)17-11-6-5-7-12-17/h5-14H,4H2,1-3H3,(H,22,25)(H,23,24)/t14-/m1/s1. The van der Waals surface area contributed by atoms with Crippen LogP contribution in [0.25, 0.3) is 0 Å². The highest BCUT2D eigenvalue weighted by Gasteiger charge is 2.18. The average molecular weight is 366 g/mol. The van der Waals surface area contributed by atoms with Crippen LogP contribution in [0, 0.1) is 6.92 Å². The fourth-order valence-electron chi connectivity index (χ4n) is 2.81.